The summed E-state index contributed by atoms with van der Waals surface area (Å²) in [6.07, 6.45) is 13.0. The fraction of sp³-hybridized carbons (Fsp3) is 0.417. The van der Waals surface area contributed by atoms with Crippen molar-refractivity contribution in [3.8, 4) is 0 Å². The number of benzene rings is 1. The van der Waals surface area contributed by atoms with Crippen LogP contribution in [0.15, 0.2) is 77.9 Å². The Bertz CT molecular complexity index is 718. The highest BCUT2D eigenvalue weighted by Crippen LogP contribution is 2.31. The fourth-order valence-corrected chi connectivity index (χ4v) is 3.86. The summed E-state index contributed by atoms with van der Waals surface area (Å²) in [6.45, 7) is 11.0. The predicted octanol–water partition coefficient (Wildman–Crippen LogP) is 6.23. The van der Waals surface area contributed by atoms with Gasteiger partial charge < -0.3 is 10.2 Å². The molecular weight excluding hydrogens is 316 g/mol. The third-order valence-corrected chi connectivity index (χ3v) is 5.69. The summed E-state index contributed by atoms with van der Waals surface area (Å²) in [6, 6.07) is 11.3. The van der Waals surface area contributed by atoms with Gasteiger partial charge in [0.2, 0.25) is 0 Å². The van der Waals surface area contributed by atoms with Crippen molar-refractivity contribution in [2.24, 2.45) is 0 Å². The van der Waals surface area contributed by atoms with E-state index in [2.05, 4.69) is 86.3 Å². The van der Waals surface area contributed by atoms with Crippen LogP contribution in [0, 0.1) is 0 Å². The molecule has 3 rings (SSSR count). The van der Waals surface area contributed by atoms with Gasteiger partial charge in [-0.2, -0.15) is 0 Å². The lowest BCUT2D eigenvalue weighted by Gasteiger charge is -2.35. The van der Waals surface area contributed by atoms with Gasteiger partial charge in [0.25, 0.3) is 0 Å². The van der Waals surface area contributed by atoms with Crippen LogP contribution in [0.2, 0.25) is 0 Å². The Balaban J connectivity index is 1.95. The van der Waals surface area contributed by atoms with E-state index >= 15 is 0 Å². The van der Waals surface area contributed by atoms with Gasteiger partial charge >= 0.3 is 0 Å². The third kappa shape index (κ3) is 4.30. The molecule has 2 heteroatoms. The van der Waals surface area contributed by atoms with Crippen LogP contribution >= 0.6 is 0 Å². The zero-order chi connectivity index (χ0) is 18.5. The molecule has 0 bridgehead atoms. The van der Waals surface area contributed by atoms with Gasteiger partial charge in [0, 0.05) is 23.9 Å². The summed E-state index contributed by atoms with van der Waals surface area (Å²) in [4.78, 5) is 2.25. The van der Waals surface area contributed by atoms with Crippen molar-refractivity contribution in [3.63, 3.8) is 0 Å². The molecule has 2 nitrogen and oxygen atoms in total. The normalized spacial score (nSPS) is 20.5. The van der Waals surface area contributed by atoms with Gasteiger partial charge in [0.1, 0.15) is 5.82 Å². The molecule has 0 spiro atoms. The largest absolute Gasteiger partial charge is 0.368 e. The minimum absolute atomic E-state index is 0.356. The van der Waals surface area contributed by atoms with Crippen molar-refractivity contribution >= 4 is 0 Å². The molecule has 2 aliphatic rings. The maximum Gasteiger partial charge on any atom is 0.110 e. The van der Waals surface area contributed by atoms with Crippen LogP contribution in [0.25, 0.3) is 0 Å². The second-order valence-electron chi connectivity index (χ2n) is 7.71. The predicted molar refractivity (Wildman–Crippen MR) is 111 cm³/mol. The number of hydrogen-bond acceptors (Lipinski definition) is 2. The molecule has 1 unspecified atom stereocenters. The van der Waals surface area contributed by atoms with Gasteiger partial charge in [-0.05, 0) is 49.5 Å². The standard InChI is InChI=1S/C24H32N2/c1-18-15-16-19(2)26(17-18)24(25-23-13-9-6-10-14-23)21(4)20(3)22-11-7-5-8-12-22/h5,7-8,11-12,15-17,20,23,25H,2,6,9-10,13-14H2,1,3-4H3/b24-21+. The molecule has 1 aromatic rings. The van der Waals surface area contributed by atoms with Gasteiger partial charge in [-0.1, -0.05) is 69.2 Å². The number of allylic oxidation sites excluding steroid dienone is 4. The van der Waals surface area contributed by atoms with Crippen LogP contribution in [0.4, 0.5) is 0 Å². The number of nitrogens with one attached hydrogen (secondary N) is 1. The zero-order valence-corrected chi connectivity index (χ0v) is 16.5. The Hall–Kier alpha value is -2.22. The first-order valence-electron chi connectivity index (χ1n) is 9.93. The van der Waals surface area contributed by atoms with E-state index in [1.165, 1.54) is 54.6 Å². The van der Waals surface area contributed by atoms with Gasteiger partial charge in [0.15, 0.2) is 0 Å². The van der Waals surface area contributed by atoms with Crippen molar-refractivity contribution in [1.29, 1.82) is 0 Å². The lowest BCUT2D eigenvalue weighted by molar-refractivity contribution is 0.362. The van der Waals surface area contributed by atoms with E-state index in [0.717, 1.165) is 5.70 Å². The van der Waals surface area contributed by atoms with Crippen molar-refractivity contribution in [1.82, 2.24) is 10.2 Å². The quantitative estimate of drug-likeness (QED) is 0.678. The zero-order valence-electron chi connectivity index (χ0n) is 16.5. The highest BCUT2D eigenvalue weighted by Gasteiger charge is 2.23. The summed E-state index contributed by atoms with van der Waals surface area (Å²) in [5, 5.41) is 3.89. The van der Waals surface area contributed by atoms with E-state index in [-0.39, 0.29) is 0 Å². The molecule has 0 saturated heterocycles. The van der Waals surface area contributed by atoms with Crippen LogP contribution in [0.5, 0.6) is 0 Å². The molecule has 1 N–H and O–H groups in total. The van der Waals surface area contributed by atoms with Crippen molar-refractivity contribution < 1.29 is 0 Å². The molecule has 0 aromatic heterocycles. The molecule has 1 aromatic carbocycles. The van der Waals surface area contributed by atoms with Gasteiger partial charge in [-0.3, -0.25) is 0 Å². The van der Waals surface area contributed by atoms with Crippen LogP contribution in [0.1, 0.15) is 64.4 Å². The number of hydrogen-bond donors (Lipinski definition) is 1. The smallest absolute Gasteiger partial charge is 0.110 e. The molecule has 1 atom stereocenters. The maximum atomic E-state index is 4.28. The first-order chi connectivity index (χ1) is 12.6. The van der Waals surface area contributed by atoms with Gasteiger partial charge in [0.05, 0.1) is 0 Å². The molecule has 0 radical (unpaired) electrons. The molecule has 1 fully saturated rings. The lowest BCUT2D eigenvalue weighted by atomic mass is 9.92. The van der Waals surface area contributed by atoms with Crippen molar-refractivity contribution in [2.45, 2.75) is 64.8 Å². The molecule has 1 aliphatic carbocycles. The maximum absolute atomic E-state index is 4.28. The van der Waals surface area contributed by atoms with Crippen LogP contribution < -0.4 is 5.32 Å². The molecule has 1 heterocycles. The van der Waals surface area contributed by atoms with Gasteiger partial charge in [-0.25, -0.2) is 0 Å². The lowest BCUT2D eigenvalue weighted by Crippen LogP contribution is -2.38. The first-order valence-corrected chi connectivity index (χ1v) is 9.93. The first kappa shape index (κ1) is 18.6. The SMILES string of the molecule is C=C1C=CC(C)=CN1/C(NC1CCCCC1)=C(\C)C(C)c1ccccc1. The van der Waals surface area contributed by atoms with Crippen LogP contribution in [-0.2, 0) is 0 Å². The van der Waals surface area contributed by atoms with E-state index in [1.54, 1.807) is 0 Å². The summed E-state index contributed by atoms with van der Waals surface area (Å²) in [5.41, 5.74) is 4.99. The third-order valence-electron chi connectivity index (χ3n) is 5.69. The molecule has 1 saturated carbocycles. The Morgan fingerprint density at radius 1 is 1.12 bits per heavy atom. The highest BCUT2D eigenvalue weighted by atomic mass is 15.2. The topological polar surface area (TPSA) is 15.3 Å². The van der Waals surface area contributed by atoms with Crippen LogP contribution in [0.3, 0.4) is 0 Å². The van der Waals surface area contributed by atoms with Crippen molar-refractivity contribution in [2.75, 3.05) is 0 Å². The van der Waals surface area contributed by atoms with E-state index in [1.807, 2.05) is 0 Å². The monoisotopic (exact) mass is 348 g/mol. The van der Waals surface area contributed by atoms with E-state index < -0.39 is 0 Å². The molecule has 1 aliphatic heterocycles. The average Bonchev–Trinajstić information content (AvgIpc) is 2.68. The summed E-state index contributed by atoms with van der Waals surface area (Å²) >= 11 is 0. The average molecular weight is 349 g/mol. The minimum atomic E-state index is 0.356. The van der Waals surface area contributed by atoms with E-state index in [0.29, 0.717) is 12.0 Å². The van der Waals surface area contributed by atoms with E-state index in [9.17, 15) is 0 Å². The Morgan fingerprint density at radius 2 is 1.81 bits per heavy atom. The molecule has 138 valence electrons. The summed E-state index contributed by atoms with van der Waals surface area (Å²) < 4.78 is 0. The Labute approximate surface area is 159 Å². The van der Waals surface area contributed by atoms with E-state index in [4.69, 9.17) is 0 Å². The molecule has 0 amide bonds. The Morgan fingerprint density at radius 3 is 2.50 bits per heavy atom. The molecule has 26 heavy (non-hydrogen) atoms. The summed E-state index contributed by atoms with van der Waals surface area (Å²) in [5.74, 6) is 1.57. The Kier molecular flexibility index (Phi) is 6.03. The summed E-state index contributed by atoms with van der Waals surface area (Å²) in [7, 11) is 0. The molecular formula is C24H32N2. The number of nitrogens with zero attached hydrogens (tertiary/aromatic N) is 1. The van der Waals surface area contributed by atoms with Crippen molar-refractivity contribution in [3.05, 3.63) is 83.5 Å². The highest BCUT2D eigenvalue weighted by molar-refractivity contribution is 5.38. The van der Waals surface area contributed by atoms with Crippen LogP contribution in [-0.4, -0.2) is 10.9 Å². The number of rotatable bonds is 5. The fourth-order valence-electron chi connectivity index (χ4n) is 3.86. The van der Waals surface area contributed by atoms with Gasteiger partial charge in [-0.15, -0.1) is 0 Å². The second-order valence-corrected chi connectivity index (χ2v) is 7.71. The second kappa shape index (κ2) is 8.44. The minimum Gasteiger partial charge on any atom is -0.368 e.